The quantitative estimate of drug-likeness (QED) is 0.351. The Labute approximate surface area is 194 Å². The van der Waals surface area contributed by atoms with Gasteiger partial charge in [0.1, 0.15) is 23.0 Å². The molecule has 0 aliphatic heterocycles. The van der Waals surface area contributed by atoms with Crippen molar-refractivity contribution in [3.8, 4) is 16.9 Å². The smallest absolute Gasteiger partial charge is 0.224 e. The number of rotatable bonds is 4. The van der Waals surface area contributed by atoms with Crippen LogP contribution in [0.3, 0.4) is 0 Å². The zero-order valence-corrected chi connectivity index (χ0v) is 19.8. The number of halogens is 1. The Bertz CT molecular complexity index is 1650. The third-order valence-corrected chi connectivity index (χ3v) is 7.43. The van der Waals surface area contributed by atoms with Crippen molar-refractivity contribution in [2.24, 2.45) is 0 Å². The Kier molecular flexibility index (Phi) is 4.91. The fourth-order valence-corrected chi connectivity index (χ4v) is 5.82. The maximum atomic E-state index is 13.6. The van der Waals surface area contributed by atoms with E-state index in [1.54, 1.807) is 32.2 Å². The molecule has 8 nitrogen and oxygen atoms in total. The summed E-state index contributed by atoms with van der Waals surface area (Å²) >= 11 is 6.06. The summed E-state index contributed by atoms with van der Waals surface area (Å²) in [6.45, 7) is 5.33. The van der Waals surface area contributed by atoms with Crippen LogP contribution < -0.4 is 4.74 Å². The number of hydrogen-bond acceptors (Lipinski definition) is 7. The van der Waals surface area contributed by atoms with Gasteiger partial charge in [-0.3, -0.25) is 0 Å². The summed E-state index contributed by atoms with van der Waals surface area (Å²) in [5.74, 6) is 1.53. The van der Waals surface area contributed by atoms with Gasteiger partial charge in [0.2, 0.25) is 9.84 Å². The van der Waals surface area contributed by atoms with Crippen molar-refractivity contribution in [2.45, 2.75) is 30.7 Å². The summed E-state index contributed by atoms with van der Waals surface area (Å²) in [7, 11) is -2.42. The highest BCUT2D eigenvalue weighted by molar-refractivity contribution is 7.91. The molecule has 0 bridgehead atoms. The number of nitrogens with one attached hydrogen (secondary N) is 1. The molecule has 0 unspecified atom stereocenters. The Morgan fingerprint density at radius 1 is 1.09 bits per heavy atom. The molecule has 0 aliphatic carbocycles. The second-order valence-electron chi connectivity index (χ2n) is 7.68. The van der Waals surface area contributed by atoms with Gasteiger partial charge in [-0.15, -0.1) is 0 Å². The molecule has 33 heavy (non-hydrogen) atoms. The largest absolute Gasteiger partial charge is 0.496 e. The minimum Gasteiger partial charge on any atom is -0.496 e. The van der Waals surface area contributed by atoms with Gasteiger partial charge >= 0.3 is 0 Å². The van der Waals surface area contributed by atoms with Gasteiger partial charge in [0.25, 0.3) is 0 Å². The van der Waals surface area contributed by atoms with Crippen LogP contribution in [0, 0.1) is 20.8 Å². The highest BCUT2D eigenvalue weighted by Gasteiger charge is 2.27. The highest BCUT2D eigenvalue weighted by atomic mass is 35.5. The minimum atomic E-state index is -3.98. The van der Waals surface area contributed by atoms with Crippen molar-refractivity contribution in [2.75, 3.05) is 7.11 Å². The van der Waals surface area contributed by atoms with E-state index in [2.05, 4.69) is 20.1 Å². The Morgan fingerprint density at radius 3 is 2.55 bits per heavy atom. The standard InChI is InChI=1S/C23H19ClN4O4S/c1-11-20(12(2)32-28-11)17-9-18-16(10-19(17)31-4)21-22(27-18)25-13(3)26-23(21)33(29,30)15-7-5-6-14(24)8-15/h5-10H,1-4H3,(H,25,26,27). The summed E-state index contributed by atoms with van der Waals surface area (Å²) < 4.78 is 38.1. The van der Waals surface area contributed by atoms with Crippen LogP contribution in [0.5, 0.6) is 5.75 Å². The first kappa shape index (κ1) is 21.4. The van der Waals surface area contributed by atoms with E-state index in [4.69, 9.17) is 20.9 Å². The lowest BCUT2D eigenvalue weighted by molar-refractivity contribution is 0.393. The molecule has 3 aromatic heterocycles. The third kappa shape index (κ3) is 3.35. The lowest BCUT2D eigenvalue weighted by Gasteiger charge is -2.10. The average Bonchev–Trinajstić information content (AvgIpc) is 3.30. The van der Waals surface area contributed by atoms with Gasteiger partial charge in [0, 0.05) is 21.5 Å². The third-order valence-electron chi connectivity index (χ3n) is 5.51. The molecule has 1 N–H and O–H groups in total. The molecular formula is C23H19ClN4O4S. The van der Waals surface area contributed by atoms with Crippen molar-refractivity contribution in [3.63, 3.8) is 0 Å². The molecule has 5 aromatic rings. The number of sulfone groups is 1. The zero-order valence-electron chi connectivity index (χ0n) is 18.2. The first-order valence-electron chi connectivity index (χ1n) is 10.0. The van der Waals surface area contributed by atoms with Gasteiger partial charge in [0.15, 0.2) is 5.03 Å². The predicted molar refractivity (Wildman–Crippen MR) is 125 cm³/mol. The van der Waals surface area contributed by atoms with Crippen molar-refractivity contribution < 1.29 is 17.7 Å². The highest BCUT2D eigenvalue weighted by Crippen LogP contribution is 2.41. The van der Waals surface area contributed by atoms with Crippen LogP contribution in [0.4, 0.5) is 0 Å². The average molecular weight is 483 g/mol. The molecule has 0 saturated carbocycles. The van der Waals surface area contributed by atoms with Crippen molar-refractivity contribution in [1.29, 1.82) is 0 Å². The number of fused-ring (bicyclic) bond motifs is 3. The molecule has 5 rings (SSSR count). The van der Waals surface area contributed by atoms with Crippen LogP contribution in [0.25, 0.3) is 33.1 Å². The van der Waals surface area contributed by atoms with Gasteiger partial charge in [-0.2, -0.15) is 0 Å². The van der Waals surface area contributed by atoms with E-state index >= 15 is 0 Å². The monoisotopic (exact) mass is 482 g/mol. The number of benzene rings is 2. The van der Waals surface area contributed by atoms with E-state index in [1.807, 2.05) is 19.9 Å². The lowest BCUT2D eigenvalue weighted by atomic mass is 10.0. The molecular weight excluding hydrogens is 464 g/mol. The lowest BCUT2D eigenvalue weighted by Crippen LogP contribution is -2.07. The van der Waals surface area contributed by atoms with Gasteiger partial charge in [-0.05, 0) is 51.1 Å². The van der Waals surface area contributed by atoms with Crippen LogP contribution in [0.2, 0.25) is 5.02 Å². The number of methoxy groups -OCH3 is 1. The number of aromatic nitrogens is 4. The summed E-state index contributed by atoms with van der Waals surface area (Å²) in [5.41, 5.74) is 3.42. The summed E-state index contributed by atoms with van der Waals surface area (Å²) in [5, 5.41) is 5.28. The first-order chi connectivity index (χ1) is 15.7. The second kappa shape index (κ2) is 7.57. The molecule has 0 amide bonds. The van der Waals surface area contributed by atoms with Crippen molar-refractivity contribution >= 4 is 43.4 Å². The summed E-state index contributed by atoms with van der Waals surface area (Å²) in [4.78, 5) is 12.1. The maximum absolute atomic E-state index is 13.6. The van der Waals surface area contributed by atoms with Crippen LogP contribution in [0.1, 0.15) is 17.3 Å². The van der Waals surface area contributed by atoms with Crippen LogP contribution in [-0.2, 0) is 9.84 Å². The second-order valence-corrected chi connectivity index (χ2v) is 9.98. The minimum absolute atomic E-state index is 0.0584. The molecule has 0 saturated heterocycles. The first-order valence-corrected chi connectivity index (χ1v) is 11.9. The molecule has 10 heteroatoms. The summed E-state index contributed by atoms with van der Waals surface area (Å²) in [6.07, 6.45) is 0. The van der Waals surface area contributed by atoms with Gasteiger partial charge in [0.05, 0.1) is 28.6 Å². The van der Waals surface area contributed by atoms with E-state index in [0.717, 1.165) is 16.8 Å². The van der Waals surface area contributed by atoms with E-state index < -0.39 is 9.84 Å². The van der Waals surface area contributed by atoms with Gasteiger partial charge < -0.3 is 14.2 Å². The van der Waals surface area contributed by atoms with Crippen molar-refractivity contribution in [1.82, 2.24) is 20.1 Å². The van der Waals surface area contributed by atoms with Crippen LogP contribution in [-0.4, -0.2) is 35.6 Å². The van der Waals surface area contributed by atoms with Gasteiger partial charge in [-0.25, -0.2) is 18.4 Å². The fourth-order valence-electron chi connectivity index (χ4n) is 4.07. The molecule has 0 radical (unpaired) electrons. The van der Waals surface area contributed by atoms with Gasteiger partial charge in [-0.1, -0.05) is 22.8 Å². The number of nitrogens with zero attached hydrogens (tertiary/aromatic N) is 3. The van der Waals surface area contributed by atoms with E-state index in [0.29, 0.717) is 44.3 Å². The number of H-pyrrole nitrogens is 1. The Morgan fingerprint density at radius 2 is 1.88 bits per heavy atom. The molecule has 0 aliphatic rings. The van der Waals surface area contributed by atoms with Crippen molar-refractivity contribution in [3.05, 3.63) is 58.7 Å². The molecule has 3 heterocycles. The number of ether oxygens (including phenoxy) is 1. The van der Waals surface area contributed by atoms with E-state index in [9.17, 15) is 8.42 Å². The number of aromatic amines is 1. The van der Waals surface area contributed by atoms with Crippen LogP contribution >= 0.6 is 11.6 Å². The van der Waals surface area contributed by atoms with E-state index in [1.165, 1.54) is 12.1 Å². The Balaban J connectivity index is 1.86. The van der Waals surface area contributed by atoms with E-state index in [-0.39, 0.29) is 9.92 Å². The number of hydrogen-bond donors (Lipinski definition) is 1. The molecule has 0 spiro atoms. The molecule has 168 valence electrons. The maximum Gasteiger partial charge on any atom is 0.224 e. The normalized spacial score (nSPS) is 12.0. The van der Waals surface area contributed by atoms with Crippen LogP contribution in [0.15, 0.2) is 50.8 Å². The number of aryl methyl sites for hydroxylation is 3. The topological polar surface area (TPSA) is 111 Å². The fraction of sp³-hybridized carbons (Fsp3) is 0.174. The molecule has 0 atom stereocenters. The molecule has 2 aromatic carbocycles. The Hall–Kier alpha value is -3.43. The zero-order chi connectivity index (χ0) is 23.5. The predicted octanol–water partition coefficient (Wildman–Crippen LogP) is 5.19. The molecule has 0 fully saturated rings. The summed E-state index contributed by atoms with van der Waals surface area (Å²) in [6, 6.07) is 9.78. The SMILES string of the molecule is COc1cc2c(cc1-c1c(C)noc1C)[nH]c1nc(C)nc(S(=O)(=O)c3cccc(Cl)c3)c12.